The Bertz CT molecular complexity index is 179. The number of carboxylic acids is 2. The first-order valence-corrected chi connectivity index (χ1v) is 2.34. The van der Waals surface area contributed by atoms with Crippen molar-refractivity contribution in [3.63, 3.8) is 0 Å². The number of carbonyl (C=O) groups is 4. The molecule has 0 heterocycles. The number of nitrogens with two attached hydrogens (primary N) is 2. The van der Waals surface area contributed by atoms with Gasteiger partial charge in [0.15, 0.2) is 0 Å². The van der Waals surface area contributed by atoms with Crippen LogP contribution in [0.15, 0.2) is 0 Å². The third-order valence-electron chi connectivity index (χ3n) is 0.422. The zero-order chi connectivity index (χ0) is 10.3. The van der Waals surface area contributed by atoms with E-state index in [1.165, 1.54) is 0 Å². The summed E-state index contributed by atoms with van der Waals surface area (Å²) in [4.78, 5) is 37.1. The summed E-state index contributed by atoms with van der Waals surface area (Å²) in [6.07, 6.45) is 0. The predicted molar refractivity (Wildman–Crippen MR) is 33.7 cm³/mol. The van der Waals surface area contributed by atoms with Crippen LogP contribution in [0, 0.1) is 0 Å². The number of aliphatic carboxylic acids is 2. The van der Waals surface area contributed by atoms with Crippen molar-refractivity contribution >= 4 is 23.8 Å². The van der Waals surface area contributed by atoms with Gasteiger partial charge in [-0.2, -0.15) is 0 Å². The molecule has 0 atom stereocenters. The number of hydrogen-bond donors (Lipinski definition) is 4. The van der Waals surface area contributed by atoms with Gasteiger partial charge in [-0.1, -0.05) is 0 Å². The maximum absolute atomic E-state index is 9.32. The molecule has 0 aromatic rings. The summed E-state index contributed by atoms with van der Waals surface area (Å²) in [7, 11) is 0. The Labute approximate surface area is 85.5 Å². The largest absolute Gasteiger partial charge is 0.474 e. The van der Waals surface area contributed by atoms with Gasteiger partial charge < -0.3 is 21.7 Å². The van der Waals surface area contributed by atoms with E-state index in [2.05, 4.69) is 11.5 Å². The van der Waals surface area contributed by atoms with Crippen LogP contribution in [-0.2, 0) is 39.6 Å². The summed E-state index contributed by atoms with van der Waals surface area (Å²) in [6.45, 7) is 0. The molecule has 2 amide bonds. The van der Waals surface area contributed by atoms with Crippen molar-refractivity contribution in [3.05, 3.63) is 0 Å². The van der Waals surface area contributed by atoms with Crippen molar-refractivity contribution in [3.8, 4) is 0 Å². The van der Waals surface area contributed by atoms with Gasteiger partial charge in [0.1, 0.15) is 0 Å². The van der Waals surface area contributed by atoms with E-state index in [4.69, 9.17) is 10.2 Å². The van der Waals surface area contributed by atoms with E-state index in [0.29, 0.717) is 0 Å². The molecule has 78 valence electrons. The van der Waals surface area contributed by atoms with Gasteiger partial charge in [0.2, 0.25) is 0 Å². The number of carboxylic acid groups (broad SMARTS) is 2. The molecule has 13 heavy (non-hydrogen) atoms. The summed E-state index contributed by atoms with van der Waals surface area (Å²) < 4.78 is 0. The van der Waals surface area contributed by atoms with Gasteiger partial charge in [-0.05, 0) is 0 Å². The van der Waals surface area contributed by atoms with Gasteiger partial charge in [-0.3, -0.25) is 9.59 Å². The fourth-order valence-corrected chi connectivity index (χ4v) is 0. The van der Waals surface area contributed by atoms with E-state index in [0.717, 1.165) is 0 Å². The van der Waals surface area contributed by atoms with Crippen LogP contribution in [0.4, 0.5) is 0 Å². The zero-order valence-corrected chi connectivity index (χ0v) is 7.55. The minimum absolute atomic E-state index is 0. The quantitative estimate of drug-likeness (QED) is 0.276. The fourth-order valence-electron chi connectivity index (χ4n) is 0. The second-order valence-corrected chi connectivity index (χ2v) is 1.34. The van der Waals surface area contributed by atoms with Gasteiger partial charge in [0.25, 0.3) is 0 Å². The monoisotopic (exact) mass is 284 g/mol. The molecule has 0 bridgehead atoms. The Kier molecular flexibility index (Phi) is 11.7. The van der Waals surface area contributed by atoms with Gasteiger partial charge >= 0.3 is 23.8 Å². The molecule has 0 aliphatic rings. The van der Waals surface area contributed by atoms with E-state index >= 15 is 0 Å². The van der Waals surface area contributed by atoms with Crippen LogP contribution in [-0.4, -0.2) is 34.0 Å². The summed E-state index contributed by atoms with van der Waals surface area (Å²) in [5, 5.41) is 15.0. The molecule has 0 saturated heterocycles. The average Bonchev–Trinajstić information content (AvgIpc) is 1.88. The average molecular weight is 285 g/mol. The second kappa shape index (κ2) is 8.64. The zero-order valence-electron chi connectivity index (χ0n) is 6.00. The van der Waals surface area contributed by atoms with Crippen LogP contribution in [0.1, 0.15) is 0 Å². The minimum atomic E-state index is -1.60. The molecule has 9 heteroatoms. The molecule has 0 aliphatic heterocycles. The van der Waals surface area contributed by atoms with E-state index in [-0.39, 0.29) is 20.4 Å². The molecule has 0 spiro atoms. The summed E-state index contributed by atoms with van der Waals surface area (Å²) in [5.74, 6) is -5.85. The molecule has 0 rings (SSSR count). The Morgan fingerprint density at radius 1 is 0.769 bits per heavy atom. The Morgan fingerprint density at radius 2 is 0.846 bits per heavy atom. The third kappa shape index (κ3) is 18.0. The number of hydrogen-bond acceptors (Lipinski definition) is 4. The molecular weight excluding hydrogens is 278 g/mol. The molecular formula is C4H6N2O6Pd. The number of carbonyl (C=O) groups excluding carboxylic acids is 2. The van der Waals surface area contributed by atoms with E-state index in [9.17, 15) is 19.2 Å². The first-order chi connectivity index (χ1) is 5.29. The van der Waals surface area contributed by atoms with Crippen molar-refractivity contribution in [2.75, 3.05) is 0 Å². The van der Waals surface area contributed by atoms with Crippen LogP contribution in [0.5, 0.6) is 0 Å². The normalized spacial score (nSPS) is 6.77. The maximum Gasteiger partial charge on any atom is 0.394 e. The van der Waals surface area contributed by atoms with Crippen LogP contribution in [0.3, 0.4) is 0 Å². The number of primary amides is 2. The van der Waals surface area contributed by atoms with Gasteiger partial charge in [0, 0.05) is 20.4 Å². The molecule has 0 radical (unpaired) electrons. The van der Waals surface area contributed by atoms with Crippen LogP contribution >= 0.6 is 0 Å². The minimum Gasteiger partial charge on any atom is -0.474 e. The fraction of sp³-hybridized carbons (Fsp3) is 0. The van der Waals surface area contributed by atoms with E-state index in [1.807, 2.05) is 0 Å². The van der Waals surface area contributed by atoms with Crippen molar-refractivity contribution < 1.29 is 49.8 Å². The summed E-state index contributed by atoms with van der Waals surface area (Å²) >= 11 is 0. The molecule has 0 aromatic heterocycles. The van der Waals surface area contributed by atoms with Crippen LogP contribution < -0.4 is 11.5 Å². The smallest absolute Gasteiger partial charge is 0.394 e. The topological polar surface area (TPSA) is 161 Å². The third-order valence-corrected chi connectivity index (χ3v) is 0.422. The number of rotatable bonds is 0. The molecule has 0 aromatic carbocycles. The van der Waals surface area contributed by atoms with Gasteiger partial charge in [0.05, 0.1) is 0 Å². The standard InChI is InChI=1S/2C2H3NO3.Pd/c2*3-1(4)2(5)6;/h2*(H2,3,4)(H,5,6);. The Morgan fingerprint density at radius 3 is 0.846 bits per heavy atom. The first kappa shape index (κ1) is 17.6. The molecule has 0 fully saturated rings. The van der Waals surface area contributed by atoms with Crippen molar-refractivity contribution in [1.82, 2.24) is 0 Å². The van der Waals surface area contributed by atoms with Crippen molar-refractivity contribution in [1.29, 1.82) is 0 Å². The molecule has 8 nitrogen and oxygen atoms in total. The first-order valence-electron chi connectivity index (χ1n) is 2.34. The summed E-state index contributed by atoms with van der Waals surface area (Å²) in [5.41, 5.74) is 8.39. The molecule has 0 unspecified atom stereocenters. The Balaban J connectivity index is -0.000000143. The number of amides is 2. The second-order valence-electron chi connectivity index (χ2n) is 1.34. The van der Waals surface area contributed by atoms with Gasteiger partial charge in [-0.15, -0.1) is 0 Å². The van der Waals surface area contributed by atoms with Gasteiger partial charge in [-0.25, -0.2) is 9.59 Å². The molecule has 0 saturated carbocycles. The maximum atomic E-state index is 9.32. The van der Waals surface area contributed by atoms with Crippen molar-refractivity contribution in [2.45, 2.75) is 0 Å². The van der Waals surface area contributed by atoms with E-state index in [1.54, 1.807) is 0 Å². The van der Waals surface area contributed by atoms with Crippen LogP contribution in [0.25, 0.3) is 0 Å². The van der Waals surface area contributed by atoms with E-state index < -0.39 is 23.8 Å². The van der Waals surface area contributed by atoms with Crippen LogP contribution in [0.2, 0.25) is 0 Å². The summed E-state index contributed by atoms with van der Waals surface area (Å²) in [6, 6.07) is 0. The predicted octanol–water partition coefficient (Wildman–Crippen LogP) is -2.89. The van der Waals surface area contributed by atoms with Crippen molar-refractivity contribution in [2.24, 2.45) is 11.5 Å². The molecule has 0 aliphatic carbocycles. The molecule has 6 N–H and O–H groups in total. The SMILES string of the molecule is NC(=O)C(=O)O.NC(=O)C(=O)O.[Pd]. The Hall–Kier alpha value is -1.46.